The number of hydrogen-bond donors (Lipinski definition) is 7. The van der Waals surface area contributed by atoms with Crippen LogP contribution in [-0.4, -0.2) is 150 Å². The van der Waals surface area contributed by atoms with Gasteiger partial charge in [-0.25, -0.2) is 4.18 Å². The van der Waals surface area contributed by atoms with Gasteiger partial charge in [0.05, 0.1) is 44.6 Å². The van der Waals surface area contributed by atoms with Crippen LogP contribution < -0.4 is 34.7 Å². The molecule has 0 spiro atoms. The monoisotopic (exact) mass is 699 g/mol. The van der Waals surface area contributed by atoms with Crippen molar-refractivity contribution < 1.29 is 106 Å². The summed E-state index contributed by atoms with van der Waals surface area (Å²) in [5, 5.41) is 73.9. The molecule has 46 heavy (non-hydrogen) atoms. The number of hydrogen-bond acceptors (Lipinski definition) is 16. The molecule has 19 heteroatoms. The van der Waals surface area contributed by atoms with Gasteiger partial charge in [0.2, 0.25) is 0 Å². The van der Waals surface area contributed by atoms with Crippen molar-refractivity contribution >= 4 is 16.3 Å². The quantitative estimate of drug-likeness (QED) is 0.0206. The van der Waals surface area contributed by atoms with Gasteiger partial charge in [-0.2, -0.15) is 8.42 Å². The summed E-state index contributed by atoms with van der Waals surface area (Å²) in [5.74, 6) is -0.643. The third kappa shape index (κ3) is 13.7. The topological polar surface area (TPSA) is 267 Å². The standard InChI is InChI=1S/C27H51NO16S.Na/c1-4-5-6-7-8-9-10-40-25-19(28-17(3)31)24(44-26-23(35)22(34)20(32)16(2)42-26)21(33)18(43-25)11-39-14-27(12-29,13-30)15-41-45(36,37)38;/h16,18-26,29-30,32-35H,4-15H2,1-3H3,(H,28,31)(H,36,37,38);/q;+1/p-1/t16-,18+,19+,20+,21+,22+,23-,24+,25-,26-;/m0./s1. The fourth-order valence-electron chi connectivity index (χ4n) is 4.91. The van der Waals surface area contributed by atoms with Crippen molar-refractivity contribution in [3.8, 4) is 0 Å². The maximum atomic E-state index is 12.1. The summed E-state index contributed by atoms with van der Waals surface area (Å²) >= 11 is 0. The minimum Gasteiger partial charge on any atom is -0.862 e. The summed E-state index contributed by atoms with van der Waals surface area (Å²) in [6.45, 7) is 1.55. The summed E-state index contributed by atoms with van der Waals surface area (Å²) in [7, 11) is -4.89. The first kappa shape index (κ1) is 43.9. The SMILES string of the molecule is CCCCCCCCO[C@H]1O[C@H](COCC(CO)(CO)COS(=O)(=O)O)[C@@H](O)[C@H](O[C@@H]2O[C@@H](C)[C@@H](O)[C@@H](O)[C@@H]2O)[C@H]1N=C(C)[O-].[Na+]. The molecule has 10 atom stereocenters. The van der Waals surface area contributed by atoms with E-state index in [2.05, 4.69) is 16.1 Å². The van der Waals surface area contributed by atoms with Crippen molar-refractivity contribution in [2.45, 2.75) is 121 Å². The Hall–Kier alpha value is -0.100. The van der Waals surface area contributed by atoms with Gasteiger partial charge < -0.3 is 59.4 Å². The summed E-state index contributed by atoms with van der Waals surface area (Å²) in [6, 6.07) is -1.26. The van der Waals surface area contributed by atoms with E-state index in [4.69, 9.17) is 28.2 Å². The van der Waals surface area contributed by atoms with Crippen LogP contribution in [0.3, 0.4) is 0 Å². The molecule has 0 bridgehead atoms. The van der Waals surface area contributed by atoms with E-state index >= 15 is 0 Å². The van der Waals surface area contributed by atoms with Crippen LogP contribution >= 0.6 is 0 Å². The zero-order valence-corrected chi connectivity index (χ0v) is 29.7. The van der Waals surface area contributed by atoms with Gasteiger partial charge in [0.1, 0.15) is 42.7 Å². The Balaban J connectivity index is 0.0000106. The summed E-state index contributed by atoms with van der Waals surface area (Å²) < 4.78 is 64.2. The van der Waals surface area contributed by atoms with Crippen molar-refractivity contribution in [2.75, 3.05) is 39.6 Å². The minimum atomic E-state index is -4.89. The van der Waals surface area contributed by atoms with Crippen molar-refractivity contribution in [1.82, 2.24) is 0 Å². The maximum absolute atomic E-state index is 12.1. The van der Waals surface area contributed by atoms with E-state index in [1.54, 1.807) is 0 Å². The molecule has 7 N–H and O–H groups in total. The van der Waals surface area contributed by atoms with Crippen LogP contribution in [0.1, 0.15) is 59.3 Å². The Bertz CT molecular complexity index is 985. The van der Waals surface area contributed by atoms with Crippen molar-refractivity contribution in [3.05, 3.63) is 0 Å². The Morgan fingerprint density at radius 1 is 0.913 bits per heavy atom. The van der Waals surface area contributed by atoms with E-state index < -0.39 is 116 Å². The fourth-order valence-corrected chi connectivity index (χ4v) is 5.31. The molecule has 2 fully saturated rings. The van der Waals surface area contributed by atoms with Crippen LogP contribution in [-0.2, 0) is 38.3 Å². The fraction of sp³-hybridized carbons (Fsp3) is 0.963. The van der Waals surface area contributed by atoms with Crippen molar-refractivity contribution in [2.24, 2.45) is 10.4 Å². The van der Waals surface area contributed by atoms with Gasteiger partial charge >= 0.3 is 40.0 Å². The summed E-state index contributed by atoms with van der Waals surface area (Å²) in [4.78, 5) is 4.03. The van der Waals surface area contributed by atoms with Gasteiger partial charge in [-0.15, -0.1) is 0 Å². The largest absolute Gasteiger partial charge is 1.00 e. The maximum Gasteiger partial charge on any atom is 1.00 e. The smallest absolute Gasteiger partial charge is 0.862 e. The molecule has 0 unspecified atom stereocenters. The molecule has 2 saturated heterocycles. The molecule has 17 nitrogen and oxygen atoms in total. The number of aliphatic imine (C=N–C) groups is 1. The van der Waals surface area contributed by atoms with Crippen LogP contribution in [0.4, 0.5) is 0 Å². The third-order valence-electron chi connectivity index (χ3n) is 7.73. The number of unbranched alkanes of at least 4 members (excludes halogenated alkanes) is 5. The predicted molar refractivity (Wildman–Crippen MR) is 153 cm³/mol. The van der Waals surface area contributed by atoms with Gasteiger partial charge in [-0.1, -0.05) is 39.0 Å². The Labute approximate surface area is 292 Å². The second-order valence-electron chi connectivity index (χ2n) is 11.6. The van der Waals surface area contributed by atoms with Crippen LogP contribution in [0.5, 0.6) is 0 Å². The predicted octanol–water partition coefficient (Wildman–Crippen LogP) is -5.38. The molecule has 266 valence electrons. The Morgan fingerprint density at radius 3 is 2.13 bits per heavy atom. The van der Waals surface area contributed by atoms with Gasteiger partial charge in [-0.05, 0) is 26.2 Å². The van der Waals surface area contributed by atoms with Crippen LogP contribution in [0.2, 0.25) is 0 Å². The van der Waals surface area contributed by atoms with Crippen LogP contribution in [0.25, 0.3) is 0 Å². The average molecular weight is 700 g/mol. The van der Waals surface area contributed by atoms with Crippen molar-refractivity contribution in [3.63, 3.8) is 0 Å². The molecule has 0 aromatic rings. The van der Waals surface area contributed by atoms with Gasteiger partial charge in [0.25, 0.3) is 0 Å². The molecular weight excluding hydrogens is 649 g/mol. The molecule has 0 amide bonds. The molecule has 0 aromatic carbocycles. The molecule has 2 heterocycles. The van der Waals surface area contributed by atoms with Gasteiger partial charge in [-0.3, -0.25) is 9.55 Å². The van der Waals surface area contributed by atoms with Gasteiger partial charge in [0.15, 0.2) is 12.6 Å². The van der Waals surface area contributed by atoms with E-state index in [0.717, 1.165) is 32.1 Å². The van der Waals surface area contributed by atoms with Crippen LogP contribution in [0.15, 0.2) is 4.99 Å². The first-order valence-electron chi connectivity index (χ1n) is 15.1. The van der Waals surface area contributed by atoms with E-state index in [1.165, 1.54) is 13.8 Å². The summed E-state index contributed by atoms with van der Waals surface area (Å²) in [5.41, 5.74) is -1.67. The number of aliphatic hydroxyl groups excluding tert-OH is 6. The number of nitrogens with zero attached hydrogens (tertiary/aromatic N) is 1. The minimum absolute atomic E-state index is 0. The van der Waals surface area contributed by atoms with Crippen molar-refractivity contribution in [1.29, 1.82) is 0 Å². The molecule has 0 radical (unpaired) electrons. The molecular formula is C27H50NNaO16S. The normalized spacial score (nSPS) is 32.7. The average Bonchev–Trinajstić information content (AvgIpc) is 2.98. The molecule has 0 aromatic heterocycles. The molecule has 2 aliphatic heterocycles. The zero-order chi connectivity index (χ0) is 33.8. The zero-order valence-electron chi connectivity index (χ0n) is 26.9. The second kappa shape index (κ2) is 21.2. The Morgan fingerprint density at radius 2 is 1.54 bits per heavy atom. The number of aliphatic hydroxyl groups is 6. The van der Waals surface area contributed by atoms with E-state index in [9.17, 15) is 44.2 Å². The van der Waals surface area contributed by atoms with E-state index in [1.807, 2.05) is 0 Å². The van der Waals surface area contributed by atoms with E-state index in [-0.39, 0.29) is 36.2 Å². The van der Waals surface area contributed by atoms with E-state index in [0.29, 0.717) is 6.42 Å². The third-order valence-corrected chi connectivity index (χ3v) is 8.14. The first-order chi connectivity index (χ1) is 21.2. The number of ether oxygens (including phenoxy) is 5. The second-order valence-corrected chi connectivity index (χ2v) is 12.7. The molecule has 0 saturated carbocycles. The first-order valence-corrected chi connectivity index (χ1v) is 16.5. The number of rotatable bonds is 20. The van der Waals surface area contributed by atoms with Crippen LogP contribution in [0, 0.1) is 5.41 Å². The molecule has 0 aliphatic carbocycles. The molecule has 2 rings (SSSR count). The Kier molecular flexibility index (Phi) is 20.2. The molecule has 2 aliphatic rings. The van der Waals surface area contributed by atoms with Gasteiger partial charge in [0, 0.05) is 6.61 Å². The summed E-state index contributed by atoms with van der Waals surface area (Å²) in [6.07, 6.45) is -7.11.